The molecular formula is C25H33NO9S2. The first-order valence-corrected chi connectivity index (χ1v) is 14.8. The lowest BCUT2D eigenvalue weighted by atomic mass is 10.2. The van der Waals surface area contributed by atoms with Gasteiger partial charge in [-0.1, -0.05) is 48.7 Å². The van der Waals surface area contributed by atoms with Gasteiger partial charge >= 0.3 is 6.09 Å². The summed E-state index contributed by atoms with van der Waals surface area (Å²) in [6.45, 7) is 5.37. The minimum Gasteiger partial charge on any atom is -0.449 e. The fourth-order valence-electron chi connectivity index (χ4n) is 3.58. The molecule has 10 nitrogen and oxygen atoms in total. The van der Waals surface area contributed by atoms with Crippen molar-refractivity contribution < 1.29 is 39.5 Å². The molecule has 0 N–H and O–H groups in total. The number of aryl methyl sites for hydroxylation is 2. The van der Waals surface area contributed by atoms with E-state index in [9.17, 15) is 21.6 Å². The summed E-state index contributed by atoms with van der Waals surface area (Å²) in [7, 11) is -8.13. The number of unbranched alkanes of at least 4 members (excludes halogenated alkanes) is 1. The van der Waals surface area contributed by atoms with Crippen LogP contribution in [-0.2, 0) is 38.1 Å². The molecule has 0 radical (unpaired) electrons. The molecule has 0 bridgehead atoms. The summed E-state index contributed by atoms with van der Waals surface area (Å²) < 4.78 is 72.0. The number of rotatable bonds is 12. The van der Waals surface area contributed by atoms with Crippen LogP contribution in [0.3, 0.4) is 0 Å². The Morgan fingerprint density at radius 1 is 0.811 bits per heavy atom. The third-order valence-corrected chi connectivity index (χ3v) is 8.40. The average molecular weight is 556 g/mol. The molecule has 0 saturated carbocycles. The molecule has 0 aliphatic carbocycles. The van der Waals surface area contributed by atoms with Crippen molar-refractivity contribution in [1.82, 2.24) is 4.90 Å². The van der Waals surface area contributed by atoms with Gasteiger partial charge in [-0.3, -0.25) is 8.37 Å². The van der Waals surface area contributed by atoms with Crippen LogP contribution < -0.4 is 0 Å². The van der Waals surface area contributed by atoms with Crippen molar-refractivity contribution >= 4 is 26.3 Å². The van der Waals surface area contributed by atoms with Gasteiger partial charge < -0.3 is 14.4 Å². The third-order valence-electron chi connectivity index (χ3n) is 5.72. The van der Waals surface area contributed by atoms with E-state index in [1.165, 1.54) is 29.2 Å². The molecule has 1 aliphatic heterocycles. The molecule has 1 fully saturated rings. The Labute approximate surface area is 218 Å². The van der Waals surface area contributed by atoms with E-state index in [4.69, 9.17) is 17.8 Å². The normalized spacial score (nSPS) is 18.2. The van der Waals surface area contributed by atoms with Crippen LogP contribution in [0.5, 0.6) is 0 Å². The highest BCUT2D eigenvalue weighted by Gasteiger charge is 2.40. The van der Waals surface area contributed by atoms with Crippen molar-refractivity contribution in [3.05, 3.63) is 59.7 Å². The predicted molar refractivity (Wildman–Crippen MR) is 135 cm³/mol. The van der Waals surface area contributed by atoms with E-state index in [2.05, 4.69) is 0 Å². The highest BCUT2D eigenvalue weighted by Crippen LogP contribution is 2.24. The van der Waals surface area contributed by atoms with E-state index in [-0.39, 0.29) is 42.7 Å². The third kappa shape index (κ3) is 8.24. The number of carbonyl (C=O) groups excluding carboxylic acids is 1. The van der Waals surface area contributed by atoms with Crippen LogP contribution in [0, 0.1) is 13.8 Å². The fraction of sp³-hybridized carbons (Fsp3) is 0.480. The Morgan fingerprint density at radius 3 is 1.92 bits per heavy atom. The lowest BCUT2D eigenvalue weighted by molar-refractivity contribution is -0.00690. The Balaban J connectivity index is 1.64. The Morgan fingerprint density at radius 2 is 1.35 bits per heavy atom. The first kappa shape index (κ1) is 29.1. The average Bonchev–Trinajstić information content (AvgIpc) is 3.24. The number of likely N-dealkylation sites (tertiary alicyclic amines) is 1. The number of hydrogen-bond donors (Lipinski definition) is 0. The number of hydrogen-bond acceptors (Lipinski definition) is 9. The van der Waals surface area contributed by atoms with Crippen molar-refractivity contribution in [2.75, 3.05) is 32.9 Å². The van der Waals surface area contributed by atoms with E-state index in [0.717, 1.165) is 17.5 Å². The van der Waals surface area contributed by atoms with Crippen LogP contribution in [0.2, 0.25) is 0 Å². The van der Waals surface area contributed by atoms with Gasteiger partial charge in [0, 0.05) is 0 Å². The predicted octanol–water partition coefficient (Wildman–Crippen LogP) is 3.42. The van der Waals surface area contributed by atoms with Crippen LogP contribution >= 0.6 is 0 Å². The smallest absolute Gasteiger partial charge is 0.409 e. The Hall–Kier alpha value is -2.51. The first-order chi connectivity index (χ1) is 17.5. The number of nitrogens with zero attached hydrogens (tertiary/aromatic N) is 1. The minimum absolute atomic E-state index is 0.0176. The molecule has 1 heterocycles. The van der Waals surface area contributed by atoms with Gasteiger partial charge in [-0.25, -0.2) is 4.79 Å². The molecule has 2 atom stereocenters. The monoisotopic (exact) mass is 555 g/mol. The Kier molecular flexibility index (Phi) is 10.1. The van der Waals surface area contributed by atoms with E-state index in [1.54, 1.807) is 24.3 Å². The van der Waals surface area contributed by atoms with Gasteiger partial charge in [0.05, 0.1) is 42.7 Å². The second-order valence-electron chi connectivity index (χ2n) is 8.77. The zero-order chi connectivity index (χ0) is 27.1. The molecule has 1 saturated heterocycles. The largest absolute Gasteiger partial charge is 0.449 e. The molecule has 2 unspecified atom stereocenters. The molecule has 37 heavy (non-hydrogen) atoms. The second kappa shape index (κ2) is 12.8. The summed E-state index contributed by atoms with van der Waals surface area (Å²) in [4.78, 5) is 13.8. The van der Waals surface area contributed by atoms with Gasteiger partial charge in [-0.15, -0.1) is 0 Å². The first-order valence-electron chi connectivity index (χ1n) is 12.0. The summed E-state index contributed by atoms with van der Waals surface area (Å²) >= 11 is 0. The minimum atomic E-state index is -4.14. The van der Waals surface area contributed by atoms with Gasteiger partial charge in [0.15, 0.2) is 0 Å². The quantitative estimate of drug-likeness (QED) is 0.286. The number of amides is 1. The maximum absolute atomic E-state index is 12.9. The lowest BCUT2D eigenvalue weighted by Crippen LogP contribution is -2.33. The summed E-state index contributed by atoms with van der Waals surface area (Å²) in [5.41, 5.74) is 1.80. The molecule has 3 rings (SSSR count). The number of carbonyl (C=O) groups is 1. The number of ether oxygens (including phenoxy) is 2. The van der Waals surface area contributed by atoms with Gasteiger partial charge in [0.2, 0.25) is 0 Å². The van der Waals surface area contributed by atoms with Gasteiger partial charge in [0.1, 0.15) is 12.2 Å². The van der Waals surface area contributed by atoms with Crippen LogP contribution in [0.25, 0.3) is 0 Å². The van der Waals surface area contributed by atoms with Crippen LogP contribution in [0.15, 0.2) is 58.3 Å². The maximum Gasteiger partial charge on any atom is 0.409 e. The molecule has 2 aromatic rings. The number of benzene rings is 2. The van der Waals surface area contributed by atoms with E-state index in [0.29, 0.717) is 6.42 Å². The Bertz CT molecular complexity index is 1240. The highest BCUT2D eigenvalue weighted by molar-refractivity contribution is 7.87. The zero-order valence-corrected chi connectivity index (χ0v) is 22.8. The fourth-order valence-corrected chi connectivity index (χ4v) is 5.56. The molecular weight excluding hydrogens is 522 g/mol. The van der Waals surface area contributed by atoms with Gasteiger partial charge in [-0.05, 0) is 44.5 Å². The summed E-state index contributed by atoms with van der Waals surface area (Å²) in [6.07, 6.45) is -0.901. The molecule has 1 amide bonds. The lowest BCUT2D eigenvalue weighted by Gasteiger charge is -2.19. The van der Waals surface area contributed by atoms with Crippen molar-refractivity contribution in [3.8, 4) is 0 Å². The van der Waals surface area contributed by atoms with Crippen molar-refractivity contribution in [1.29, 1.82) is 0 Å². The van der Waals surface area contributed by atoms with E-state index in [1.807, 2.05) is 20.8 Å². The van der Waals surface area contributed by atoms with Crippen molar-refractivity contribution in [2.45, 2.75) is 55.6 Å². The van der Waals surface area contributed by atoms with Gasteiger partial charge in [0.25, 0.3) is 20.2 Å². The summed E-state index contributed by atoms with van der Waals surface area (Å²) in [6, 6.07) is 12.4. The summed E-state index contributed by atoms with van der Waals surface area (Å²) in [5, 5.41) is 0. The molecule has 204 valence electrons. The van der Waals surface area contributed by atoms with Crippen LogP contribution in [0.4, 0.5) is 4.79 Å². The zero-order valence-electron chi connectivity index (χ0n) is 21.2. The molecule has 12 heteroatoms. The molecule has 0 aromatic heterocycles. The molecule has 2 aromatic carbocycles. The molecule has 1 aliphatic rings. The van der Waals surface area contributed by atoms with E-state index < -0.39 is 38.5 Å². The highest BCUT2D eigenvalue weighted by atomic mass is 32.2. The SMILES string of the molecule is CCCCOC(=O)N1CC(OCCOS(=O)(=O)c2ccc(C)cc2)C(OS(=O)(=O)c2ccc(C)cc2)C1. The van der Waals surface area contributed by atoms with Crippen LogP contribution in [0.1, 0.15) is 30.9 Å². The summed E-state index contributed by atoms with van der Waals surface area (Å²) in [5.74, 6) is 0. The van der Waals surface area contributed by atoms with Crippen LogP contribution in [-0.4, -0.2) is 72.9 Å². The maximum atomic E-state index is 12.9. The van der Waals surface area contributed by atoms with Gasteiger partial charge in [-0.2, -0.15) is 16.8 Å². The van der Waals surface area contributed by atoms with Crippen molar-refractivity contribution in [3.63, 3.8) is 0 Å². The topological polar surface area (TPSA) is 126 Å². The standard InChI is InChI=1S/C25H33NO9S2/c1-4-5-14-33-25(27)26-17-23(24(18-26)35-37(30,31)22-12-8-20(3)9-13-22)32-15-16-34-36(28,29)21-10-6-19(2)7-11-21/h6-13,23-24H,4-5,14-18H2,1-3H3. The van der Waals surface area contributed by atoms with E-state index >= 15 is 0 Å². The second-order valence-corrected chi connectivity index (χ2v) is 12.0. The van der Waals surface area contributed by atoms with Crippen molar-refractivity contribution in [2.24, 2.45) is 0 Å². The molecule has 0 spiro atoms.